The number of amides is 1. The zero-order chi connectivity index (χ0) is 16.9. The van der Waals surface area contributed by atoms with Gasteiger partial charge in [0.2, 0.25) is 5.82 Å². The summed E-state index contributed by atoms with van der Waals surface area (Å²) in [6, 6.07) is 13.9. The van der Waals surface area contributed by atoms with E-state index in [2.05, 4.69) is 15.6 Å². The van der Waals surface area contributed by atoms with Gasteiger partial charge in [0.05, 0.1) is 14.2 Å². The molecule has 0 saturated heterocycles. The van der Waals surface area contributed by atoms with Crippen LogP contribution in [0.3, 0.4) is 0 Å². The Kier molecular flexibility index (Phi) is 4.42. The molecule has 7 heteroatoms. The molecule has 0 spiro atoms. The van der Waals surface area contributed by atoms with Crippen LogP contribution < -0.4 is 14.8 Å². The SMILES string of the molecule is COc1ccc(C(=O)Nc2nonc2-c2ccc(OC)cc2)cc1. The maximum absolute atomic E-state index is 12.3. The first-order valence-corrected chi connectivity index (χ1v) is 7.13. The number of carbonyl (C=O) groups excluding carboxylic acids is 1. The summed E-state index contributed by atoms with van der Waals surface area (Å²) in [6.07, 6.45) is 0. The molecular weight excluding hydrogens is 310 g/mol. The number of aromatic nitrogens is 2. The third-order valence-corrected chi connectivity index (χ3v) is 3.44. The van der Waals surface area contributed by atoms with Crippen molar-refractivity contribution < 1.29 is 18.9 Å². The normalized spacial score (nSPS) is 10.2. The lowest BCUT2D eigenvalue weighted by atomic mass is 10.1. The van der Waals surface area contributed by atoms with E-state index in [-0.39, 0.29) is 11.7 Å². The Hall–Kier alpha value is -3.35. The fourth-order valence-electron chi connectivity index (χ4n) is 2.13. The molecule has 0 aliphatic rings. The molecule has 0 unspecified atom stereocenters. The van der Waals surface area contributed by atoms with Gasteiger partial charge in [-0.3, -0.25) is 4.79 Å². The molecule has 1 aromatic heterocycles. The Labute approximate surface area is 138 Å². The van der Waals surface area contributed by atoms with E-state index in [0.717, 1.165) is 11.3 Å². The number of hydrogen-bond acceptors (Lipinski definition) is 6. The van der Waals surface area contributed by atoms with Crippen molar-refractivity contribution >= 4 is 11.7 Å². The van der Waals surface area contributed by atoms with Crippen LogP contribution in [-0.2, 0) is 0 Å². The summed E-state index contributed by atoms with van der Waals surface area (Å²) >= 11 is 0. The molecule has 0 aliphatic carbocycles. The van der Waals surface area contributed by atoms with E-state index in [1.807, 2.05) is 0 Å². The molecule has 0 radical (unpaired) electrons. The van der Waals surface area contributed by atoms with Gasteiger partial charge in [-0.15, -0.1) is 0 Å². The van der Waals surface area contributed by atoms with E-state index in [9.17, 15) is 4.79 Å². The Morgan fingerprint density at radius 3 is 2.08 bits per heavy atom. The molecule has 3 rings (SSSR count). The van der Waals surface area contributed by atoms with Gasteiger partial charge in [-0.2, -0.15) is 0 Å². The number of rotatable bonds is 5. The van der Waals surface area contributed by atoms with Crippen molar-refractivity contribution in [3.8, 4) is 22.8 Å². The Morgan fingerprint density at radius 1 is 0.917 bits per heavy atom. The number of ether oxygens (including phenoxy) is 2. The summed E-state index contributed by atoms with van der Waals surface area (Å²) < 4.78 is 15.0. The number of benzene rings is 2. The Bertz CT molecular complexity index is 826. The average Bonchev–Trinajstić information content (AvgIpc) is 3.10. The predicted molar refractivity (Wildman–Crippen MR) is 87.2 cm³/mol. The molecule has 122 valence electrons. The van der Waals surface area contributed by atoms with Crippen molar-refractivity contribution in [2.45, 2.75) is 0 Å². The summed E-state index contributed by atoms with van der Waals surface area (Å²) in [7, 11) is 3.16. The minimum atomic E-state index is -0.317. The van der Waals surface area contributed by atoms with Crippen LogP contribution >= 0.6 is 0 Å². The second kappa shape index (κ2) is 6.82. The van der Waals surface area contributed by atoms with Gasteiger partial charge in [0.1, 0.15) is 11.5 Å². The van der Waals surface area contributed by atoms with Crippen molar-refractivity contribution in [2.75, 3.05) is 19.5 Å². The van der Waals surface area contributed by atoms with Gasteiger partial charge >= 0.3 is 0 Å². The highest BCUT2D eigenvalue weighted by molar-refractivity contribution is 6.05. The van der Waals surface area contributed by atoms with Gasteiger partial charge in [0.15, 0.2) is 5.69 Å². The number of hydrogen-bond donors (Lipinski definition) is 1. The van der Waals surface area contributed by atoms with Crippen molar-refractivity contribution in [1.82, 2.24) is 10.3 Å². The molecule has 0 fully saturated rings. The second-order valence-electron chi connectivity index (χ2n) is 4.87. The van der Waals surface area contributed by atoms with Crippen LogP contribution in [0.1, 0.15) is 10.4 Å². The van der Waals surface area contributed by atoms with E-state index in [0.29, 0.717) is 17.0 Å². The van der Waals surface area contributed by atoms with Crippen LogP contribution in [0.4, 0.5) is 5.82 Å². The fourth-order valence-corrected chi connectivity index (χ4v) is 2.13. The van der Waals surface area contributed by atoms with Crippen LogP contribution in [0, 0.1) is 0 Å². The van der Waals surface area contributed by atoms with Gasteiger partial charge in [-0.05, 0) is 58.8 Å². The molecule has 1 N–H and O–H groups in total. The first-order valence-electron chi connectivity index (χ1n) is 7.13. The van der Waals surface area contributed by atoms with Crippen LogP contribution in [0.25, 0.3) is 11.3 Å². The monoisotopic (exact) mass is 325 g/mol. The predicted octanol–water partition coefficient (Wildman–Crippen LogP) is 3.01. The summed E-state index contributed by atoms with van der Waals surface area (Å²) in [4.78, 5) is 12.3. The van der Waals surface area contributed by atoms with E-state index in [1.165, 1.54) is 0 Å². The highest BCUT2D eigenvalue weighted by atomic mass is 16.6. The lowest BCUT2D eigenvalue weighted by molar-refractivity contribution is 0.102. The van der Waals surface area contributed by atoms with Gasteiger partial charge in [-0.1, -0.05) is 0 Å². The maximum Gasteiger partial charge on any atom is 0.256 e. The Balaban J connectivity index is 1.80. The van der Waals surface area contributed by atoms with E-state index < -0.39 is 0 Å². The van der Waals surface area contributed by atoms with Gasteiger partial charge < -0.3 is 14.8 Å². The van der Waals surface area contributed by atoms with Crippen LogP contribution in [0.2, 0.25) is 0 Å². The second-order valence-corrected chi connectivity index (χ2v) is 4.87. The first kappa shape index (κ1) is 15.5. The van der Waals surface area contributed by atoms with E-state index in [4.69, 9.17) is 14.1 Å². The molecule has 0 bridgehead atoms. The Morgan fingerprint density at radius 2 is 1.50 bits per heavy atom. The third-order valence-electron chi connectivity index (χ3n) is 3.44. The van der Waals surface area contributed by atoms with Crippen LogP contribution in [0.15, 0.2) is 53.2 Å². The molecule has 3 aromatic rings. The molecule has 7 nitrogen and oxygen atoms in total. The van der Waals surface area contributed by atoms with Crippen molar-refractivity contribution in [2.24, 2.45) is 0 Å². The average molecular weight is 325 g/mol. The number of nitrogens with one attached hydrogen (secondary N) is 1. The number of nitrogens with zero attached hydrogens (tertiary/aromatic N) is 2. The van der Waals surface area contributed by atoms with Gasteiger partial charge in [0, 0.05) is 11.1 Å². The van der Waals surface area contributed by atoms with Crippen molar-refractivity contribution in [3.63, 3.8) is 0 Å². The van der Waals surface area contributed by atoms with Gasteiger partial charge in [0.25, 0.3) is 5.91 Å². The number of anilines is 1. The highest BCUT2D eigenvalue weighted by Gasteiger charge is 2.16. The van der Waals surface area contributed by atoms with E-state index in [1.54, 1.807) is 62.8 Å². The summed E-state index contributed by atoms with van der Waals surface area (Å²) in [6.45, 7) is 0. The van der Waals surface area contributed by atoms with Crippen molar-refractivity contribution in [1.29, 1.82) is 0 Å². The lowest BCUT2D eigenvalue weighted by Crippen LogP contribution is -2.12. The molecule has 0 atom stereocenters. The quantitative estimate of drug-likeness (QED) is 0.776. The zero-order valence-electron chi connectivity index (χ0n) is 13.1. The van der Waals surface area contributed by atoms with E-state index >= 15 is 0 Å². The van der Waals surface area contributed by atoms with Crippen LogP contribution in [-0.4, -0.2) is 30.4 Å². The summed E-state index contributed by atoms with van der Waals surface area (Å²) in [5.41, 5.74) is 1.67. The summed E-state index contributed by atoms with van der Waals surface area (Å²) in [5, 5.41) is 10.3. The molecule has 2 aromatic carbocycles. The highest BCUT2D eigenvalue weighted by Crippen LogP contribution is 2.26. The molecule has 1 heterocycles. The topological polar surface area (TPSA) is 86.5 Å². The van der Waals surface area contributed by atoms with Crippen molar-refractivity contribution in [3.05, 3.63) is 54.1 Å². The largest absolute Gasteiger partial charge is 0.497 e. The fraction of sp³-hybridized carbons (Fsp3) is 0.118. The first-order chi connectivity index (χ1) is 11.7. The number of carbonyl (C=O) groups is 1. The minimum Gasteiger partial charge on any atom is -0.497 e. The lowest BCUT2D eigenvalue weighted by Gasteiger charge is -2.05. The molecule has 1 amide bonds. The van der Waals surface area contributed by atoms with Crippen LogP contribution in [0.5, 0.6) is 11.5 Å². The molecule has 0 saturated carbocycles. The summed E-state index contributed by atoms with van der Waals surface area (Å²) in [5.74, 6) is 1.33. The maximum atomic E-state index is 12.3. The third kappa shape index (κ3) is 3.19. The minimum absolute atomic E-state index is 0.251. The molecular formula is C17H15N3O4. The molecule has 0 aliphatic heterocycles. The van der Waals surface area contributed by atoms with Gasteiger partial charge in [-0.25, -0.2) is 4.63 Å². The molecule has 24 heavy (non-hydrogen) atoms. The standard InChI is InChI=1S/C17H15N3O4/c1-22-13-7-3-11(4-8-13)15-16(20-24-19-15)18-17(21)12-5-9-14(23-2)10-6-12/h3-10H,1-2H3,(H,18,20,21). The zero-order valence-corrected chi connectivity index (χ0v) is 13.1. The smallest absolute Gasteiger partial charge is 0.256 e. The number of methoxy groups -OCH3 is 2.